The molecule has 1 rings (SSSR count). The number of unbranched alkanes of at least 4 members (excludes halogenated alkanes) is 2. The van der Waals surface area contributed by atoms with Gasteiger partial charge in [-0.3, -0.25) is 0 Å². The van der Waals surface area contributed by atoms with E-state index in [1.165, 1.54) is 19.3 Å². The summed E-state index contributed by atoms with van der Waals surface area (Å²) in [5, 5.41) is 10.2. The van der Waals surface area contributed by atoms with E-state index in [4.69, 9.17) is 0 Å². The summed E-state index contributed by atoms with van der Waals surface area (Å²) in [5.41, 5.74) is 3.68. The Labute approximate surface area is 175 Å². The van der Waals surface area contributed by atoms with Gasteiger partial charge in [0.2, 0.25) is 0 Å². The van der Waals surface area contributed by atoms with Gasteiger partial charge in [-0.15, -0.1) is 0 Å². The summed E-state index contributed by atoms with van der Waals surface area (Å²) in [6.45, 7) is 22.3. The number of aryl methyl sites for hydroxylation is 1. The number of phenolic OH excluding ortho intramolecular Hbond substituents is 1. The molecule has 0 heterocycles. The van der Waals surface area contributed by atoms with Crippen molar-refractivity contribution in [2.75, 3.05) is 0 Å². The molecule has 0 radical (unpaired) electrons. The highest BCUT2D eigenvalue weighted by Crippen LogP contribution is 2.32. The van der Waals surface area contributed by atoms with Crippen LogP contribution in [0.1, 0.15) is 91.3 Å². The minimum Gasteiger partial charge on any atom is -0.508 e. The Kier molecular flexibility index (Phi) is 15.8. The third-order valence-electron chi connectivity index (χ3n) is 3.84. The fourth-order valence-corrected chi connectivity index (χ4v) is 2.37. The lowest BCUT2D eigenvalue weighted by molar-refractivity contribution is 0.446. The highest BCUT2D eigenvalue weighted by Gasteiger charge is 2.19. The Bertz CT molecular complexity index is 683. The zero-order valence-electron chi connectivity index (χ0n) is 19.7. The second-order valence-corrected chi connectivity index (χ2v) is 7.40. The number of hydrogen-bond donors (Lipinski definition) is 1. The number of rotatable bonds is 4. The predicted octanol–water partition coefficient (Wildman–Crippen LogP) is 8.26. The van der Waals surface area contributed by atoms with Crippen LogP contribution in [0.3, 0.4) is 0 Å². The van der Waals surface area contributed by atoms with Crippen molar-refractivity contribution in [1.82, 2.24) is 0 Å². The first-order valence-corrected chi connectivity index (χ1v) is 10.5. The summed E-state index contributed by atoms with van der Waals surface area (Å²) in [6.07, 6.45) is 11.5. The Hall–Kier alpha value is -2.20. The topological polar surface area (TPSA) is 20.2 Å². The van der Waals surface area contributed by atoms with Crippen molar-refractivity contribution >= 4 is 0 Å². The minimum atomic E-state index is -0.0837. The lowest BCUT2D eigenvalue weighted by Gasteiger charge is -2.21. The molecule has 0 unspecified atom stereocenters. The van der Waals surface area contributed by atoms with Crippen LogP contribution in [0, 0.1) is 18.8 Å². The van der Waals surface area contributed by atoms with Gasteiger partial charge in [0.05, 0.1) is 0 Å². The van der Waals surface area contributed by atoms with E-state index in [2.05, 4.69) is 53.0 Å². The van der Waals surface area contributed by atoms with Crippen LogP contribution in [-0.2, 0) is 5.41 Å². The zero-order valence-corrected chi connectivity index (χ0v) is 19.7. The van der Waals surface area contributed by atoms with Gasteiger partial charge in [0.25, 0.3) is 0 Å². The normalized spacial score (nSPS) is 10.8. The Morgan fingerprint density at radius 3 is 2.11 bits per heavy atom. The van der Waals surface area contributed by atoms with Gasteiger partial charge in [0, 0.05) is 11.1 Å². The molecule has 0 amide bonds. The fourth-order valence-electron chi connectivity index (χ4n) is 2.37. The fraction of sp³-hybridized carbons (Fsp3) is 0.481. The van der Waals surface area contributed by atoms with Crippen LogP contribution in [0.15, 0.2) is 48.6 Å². The van der Waals surface area contributed by atoms with Crippen molar-refractivity contribution in [2.45, 2.75) is 87.0 Å². The third-order valence-corrected chi connectivity index (χ3v) is 3.84. The first-order chi connectivity index (χ1) is 13.2. The monoisotopic (exact) mass is 382 g/mol. The van der Waals surface area contributed by atoms with Gasteiger partial charge >= 0.3 is 0 Å². The van der Waals surface area contributed by atoms with E-state index < -0.39 is 0 Å². The van der Waals surface area contributed by atoms with Crippen LogP contribution >= 0.6 is 0 Å². The molecule has 0 aliphatic heterocycles. The summed E-state index contributed by atoms with van der Waals surface area (Å²) in [5.74, 6) is 6.53. The van der Waals surface area contributed by atoms with Crippen molar-refractivity contribution in [3.05, 3.63) is 65.3 Å². The predicted molar refractivity (Wildman–Crippen MR) is 128 cm³/mol. The molecule has 1 aromatic carbocycles. The lowest BCUT2D eigenvalue weighted by atomic mass is 9.84. The quantitative estimate of drug-likeness (QED) is 0.410. The average molecular weight is 383 g/mol. The summed E-state index contributed by atoms with van der Waals surface area (Å²) in [7, 11) is 0. The van der Waals surface area contributed by atoms with Crippen LogP contribution < -0.4 is 0 Å². The van der Waals surface area contributed by atoms with Crippen molar-refractivity contribution in [1.29, 1.82) is 0 Å². The minimum absolute atomic E-state index is 0.0837. The summed E-state index contributed by atoms with van der Waals surface area (Å²) in [6, 6.07) is 3.77. The standard InChI is InChI=1S/C20H24O.C5H12.C2H6/c1-7-9-16(10-8-2)11-12-17-14-19(21)18(13-15(17)3)20(4,5)6;1-3-5-4-2;1-2/h7-10,13-14,21H,1H2,2-6H3;3-5H2,1-2H3;1-2H3/b10-8-,16-9+;;. The maximum absolute atomic E-state index is 10.2. The molecule has 0 saturated carbocycles. The van der Waals surface area contributed by atoms with Gasteiger partial charge in [0.1, 0.15) is 5.75 Å². The maximum Gasteiger partial charge on any atom is 0.120 e. The number of hydrogen-bond acceptors (Lipinski definition) is 1. The smallest absolute Gasteiger partial charge is 0.120 e. The van der Waals surface area contributed by atoms with Gasteiger partial charge in [-0.2, -0.15) is 0 Å². The van der Waals surface area contributed by atoms with Crippen molar-refractivity contribution < 1.29 is 5.11 Å². The summed E-state index contributed by atoms with van der Waals surface area (Å²) < 4.78 is 0. The largest absolute Gasteiger partial charge is 0.508 e. The molecular weight excluding hydrogens is 340 g/mol. The summed E-state index contributed by atoms with van der Waals surface area (Å²) >= 11 is 0. The van der Waals surface area contributed by atoms with Gasteiger partial charge in [0.15, 0.2) is 0 Å². The molecule has 0 aliphatic rings. The van der Waals surface area contributed by atoms with Crippen LogP contribution in [0.5, 0.6) is 5.75 Å². The van der Waals surface area contributed by atoms with E-state index in [0.717, 1.165) is 22.3 Å². The van der Waals surface area contributed by atoms with Gasteiger partial charge in [-0.05, 0) is 42.5 Å². The molecule has 1 N–H and O–H groups in total. The lowest BCUT2D eigenvalue weighted by Crippen LogP contribution is -2.11. The Morgan fingerprint density at radius 2 is 1.71 bits per heavy atom. The van der Waals surface area contributed by atoms with Gasteiger partial charge in [-0.25, -0.2) is 0 Å². The van der Waals surface area contributed by atoms with E-state index in [-0.39, 0.29) is 5.41 Å². The second-order valence-electron chi connectivity index (χ2n) is 7.40. The number of aromatic hydroxyl groups is 1. The van der Waals surface area contributed by atoms with Crippen molar-refractivity contribution in [3.8, 4) is 17.6 Å². The van der Waals surface area contributed by atoms with Crippen molar-refractivity contribution in [2.24, 2.45) is 0 Å². The highest BCUT2D eigenvalue weighted by molar-refractivity contribution is 5.54. The molecule has 0 aromatic heterocycles. The Balaban J connectivity index is 0. The molecular formula is C27H42O. The second kappa shape index (κ2) is 15.8. The molecule has 1 nitrogen and oxygen atoms in total. The van der Waals surface area contributed by atoms with E-state index >= 15 is 0 Å². The molecule has 0 saturated heterocycles. The van der Waals surface area contributed by atoms with E-state index in [1.54, 1.807) is 12.1 Å². The molecule has 0 spiro atoms. The molecule has 0 bridgehead atoms. The third kappa shape index (κ3) is 11.5. The van der Waals surface area contributed by atoms with Gasteiger partial charge < -0.3 is 5.11 Å². The number of phenols is 1. The summed E-state index contributed by atoms with van der Waals surface area (Å²) in [4.78, 5) is 0. The van der Waals surface area contributed by atoms with Crippen LogP contribution in [0.2, 0.25) is 0 Å². The molecule has 0 atom stereocenters. The first kappa shape index (κ1) is 28.0. The molecule has 156 valence electrons. The SMILES string of the molecule is C=C/C=C(C#Cc1cc(O)c(C(C)(C)C)cc1C)\C=C/C.CC.CCCCC. The van der Waals surface area contributed by atoms with Crippen LogP contribution in [-0.4, -0.2) is 5.11 Å². The molecule has 1 aromatic rings. The molecule has 1 heteroatoms. The van der Waals surface area contributed by atoms with Gasteiger partial charge in [-0.1, -0.05) is 110 Å². The average Bonchev–Trinajstić information content (AvgIpc) is 2.64. The van der Waals surface area contributed by atoms with Crippen LogP contribution in [0.4, 0.5) is 0 Å². The van der Waals surface area contributed by atoms with Crippen LogP contribution in [0.25, 0.3) is 0 Å². The zero-order chi connectivity index (χ0) is 22.2. The first-order valence-electron chi connectivity index (χ1n) is 10.5. The van der Waals surface area contributed by atoms with Crippen molar-refractivity contribution in [3.63, 3.8) is 0 Å². The van der Waals surface area contributed by atoms with E-state index in [1.807, 2.05) is 52.0 Å². The van der Waals surface area contributed by atoms with E-state index in [9.17, 15) is 5.11 Å². The molecule has 0 aliphatic carbocycles. The highest BCUT2D eigenvalue weighted by atomic mass is 16.3. The number of benzene rings is 1. The number of allylic oxidation sites excluding steroid dienone is 5. The molecule has 0 fully saturated rings. The molecule has 28 heavy (non-hydrogen) atoms. The Morgan fingerprint density at radius 1 is 1.14 bits per heavy atom. The maximum atomic E-state index is 10.2. The van der Waals surface area contributed by atoms with E-state index in [0.29, 0.717) is 5.75 Å².